The molecular formula is C10H11NO2. The van der Waals surface area contributed by atoms with Crippen molar-refractivity contribution >= 4 is 0 Å². The van der Waals surface area contributed by atoms with Gasteiger partial charge in [-0.3, -0.25) is 0 Å². The maximum atomic E-state index is 9.06. The third kappa shape index (κ3) is 1.63. The Hall–Kier alpha value is -1.53. The third-order valence-electron chi connectivity index (χ3n) is 2.05. The lowest BCUT2D eigenvalue weighted by molar-refractivity contribution is 0.273. The Morgan fingerprint density at radius 2 is 2.23 bits per heavy atom. The molecule has 0 aliphatic heterocycles. The van der Waals surface area contributed by atoms with Crippen molar-refractivity contribution in [3.05, 3.63) is 28.8 Å². The molecule has 0 heterocycles. The number of hydrogen-bond donors (Lipinski definition) is 1. The molecule has 0 aliphatic carbocycles. The van der Waals surface area contributed by atoms with Crippen LogP contribution >= 0.6 is 0 Å². The first-order valence-electron chi connectivity index (χ1n) is 3.92. The summed E-state index contributed by atoms with van der Waals surface area (Å²) in [5.74, 6) is 0.624. The average molecular weight is 177 g/mol. The van der Waals surface area contributed by atoms with E-state index < -0.39 is 0 Å². The molecule has 0 radical (unpaired) electrons. The molecule has 0 unspecified atom stereocenters. The van der Waals surface area contributed by atoms with Gasteiger partial charge in [0.25, 0.3) is 0 Å². The predicted molar refractivity (Wildman–Crippen MR) is 48.4 cm³/mol. The summed E-state index contributed by atoms with van der Waals surface area (Å²) < 4.78 is 5.05. The Balaban J connectivity index is 3.34. The molecule has 0 fully saturated rings. The van der Waals surface area contributed by atoms with Crippen LogP contribution in [0.5, 0.6) is 5.75 Å². The molecule has 3 heteroatoms. The van der Waals surface area contributed by atoms with Crippen LogP contribution in [-0.4, -0.2) is 12.2 Å². The predicted octanol–water partition coefficient (Wildman–Crippen LogP) is 1.37. The highest BCUT2D eigenvalue weighted by Crippen LogP contribution is 2.24. The number of rotatable bonds is 2. The van der Waals surface area contributed by atoms with Gasteiger partial charge in [-0.05, 0) is 24.6 Å². The zero-order valence-corrected chi connectivity index (χ0v) is 7.66. The van der Waals surface area contributed by atoms with E-state index in [1.807, 2.05) is 0 Å². The van der Waals surface area contributed by atoms with Crippen molar-refractivity contribution < 1.29 is 9.84 Å². The average Bonchev–Trinajstić information content (AvgIpc) is 2.17. The SMILES string of the molecule is COc1ccc(C#N)c(C)c1CO. The maximum absolute atomic E-state index is 9.06. The fourth-order valence-corrected chi connectivity index (χ4v) is 1.24. The first-order chi connectivity index (χ1) is 6.24. The van der Waals surface area contributed by atoms with Crippen LogP contribution in [0.1, 0.15) is 16.7 Å². The van der Waals surface area contributed by atoms with Gasteiger partial charge in [0.2, 0.25) is 0 Å². The van der Waals surface area contributed by atoms with Gasteiger partial charge in [0.15, 0.2) is 0 Å². The second kappa shape index (κ2) is 3.92. The fourth-order valence-electron chi connectivity index (χ4n) is 1.24. The van der Waals surface area contributed by atoms with Crippen molar-refractivity contribution in [2.24, 2.45) is 0 Å². The molecule has 0 amide bonds. The number of benzene rings is 1. The van der Waals surface area contributed by atoms with Crippen LogP contribution in [0.3, 0.4) is 0 Å². The Labute approximate surface area is 77.2 Å². The first-order valence-corrected chi connectivity index (χ1v) is 3.92. The Kier molecular flexibility index (Phi) is 2.88. The van der Waals surface area contributed by atoms with E-state index in [1.165, 1.54) is 0 Å². The molecule has 1 aromatic rings. The quantitative estimate of drug-likeness (QED) is 0.742. The van der Waals surface area contributed by atoms with E-state index in [-0.39, 0.29) is 6.61 Å². The highest BCUT2D eigenvalue weighted by Gasteiger charge is 2.08. The molecule has 1 N–H and O–H groups in total. The van der Waals surface area contributed by atoms with E-state index in [2.05, 4.69) is 6.07 Å². The van der Waals surface area contributed by atoms with Gasteiger partial charge in [0, 0.05) is 5.56 Å². The van der Waals surface area contributed by atoms with Crippen LogP contribution in [0.4, 0.5) is 0 Å². The lowest BCUT2D eigenvalue weighted by Gasteiger charge is -2.09. The minimum Gasteiger partial charge on any atom is -0.496 e. The highest BCUT2D eigenvalue weighted by atomic mass is 16.5. The number of aliphatic hydroxyl groups excluding tert-OH is 1. The zero-order valence-electron chi connectivity index (χ0n) is 7.66. The number of ether oxygens (including phenoxy) is 1. The third-order valence-corrected chi connectivity index (χ3v) is 2.05. The second-order valence-electron chi connectivity index (χ2n) is 2.69. The van der Waals surface area contributed by atoms with Crippen LogP contribution in [0.25, 0.3) is 0 Å². The van der Waals surface area contributed by atoms with Gasteiger partial charge in [0.1, 0.15) is 5.75 Å². The molecule has 0 bridgehead atoms. The number of nitrogens with zero attached hydrogens (tertiary/aromatic N) is 1. The van der Waals surface area contributed by atoms with Crippen LogP contribution in [0, 0.1) is 18.3 Å². The van der Waals surface area contributed by atoms with E-state index in [4.69, 9.17) is 15.1 Å². The molecule has 0 aromatic heterocycles. The van der Waals surface area contributed by atoms with E-state index in [0.717, 1.165) is 5.56 Å². The number of aliphatic hydroxyl groups is 1. The minimum atomic E-state index is -0.107. The minimum absolute atomic E-state index is 0.107. The summed E-state index contributed by atoms with van der Waals surface area (Å²) in [6.07, 6.45) is 0. The molecule has 1 aromatic carbocycles. The molecule has 0 saturated carbocycles. The summed E-state index contributed by atoms with van der Waals surface area (Å²) in [6, 6.07) is 5.43. The number of nitriles is 1. The normalized spacial score (nSPS) is 9.38. The van der Waals surface area contributed by atoms with Crippen molar-refractivity contribution in [3.8, 4) is 11.8 Å². The molecule has 3 nitrogen and oxygen atoms in total. The summed E-state index contributed by atoms with van der Waals surface area (Å²) in [7, 11) is 1.54. The zero-order chi connectivity index (χ0) is 9.84. The van der Waals surface area contributed by atoms with Gasteiger partial charge in [-0.2, -0.15) is 5.26 Å². The van der Waals surface area contributed by atoms with Crippen LogP contribution in [0.2, 0.25) is 0 Å². The molecular weight excluding hydrogens is 166 g/mol. The standard InChI is InChI=1S/C10H11NO2/c1-7-8(5-11)3-4-10(13-2)9(7)6-12/h3-4,12H,6H2,1-2H3. The van der Waals surface area contributed by atoms with Crippen LogP contribution in [-0.2, 0) is 6.61 Å². The molecule has 0 atom stereocenters. The summed E-state index contributed by atoms with van der Waals surface area (Å²) in [6.45, 7) is 1.69. The van der Waals surface area contributed by atoms with Crippen molar-refractivity contribution in [1.82, 2.24) is 0 Å². The topological polar surface area (TPSA) is 53.2 Å². The molecule has 0 aliphatic rings. The van der Waals surface area contributed by atoms with Gasteiger partial charge in [-0.25, -0.2) is 0 Å². The van der Waals surface area contributed by atoms with E-state index in [1.54, 1.807) is 26.2 Å². The number of methoxy groups -OCH3 is 1. The van der Waals surface area contributed by atoms with Gasteiger partial charge in [0.05, 0.1) is 25.3 Å². The first kappa shape index (κ1) is 9.56. The second-order valence-corrected chi connectivity index (χ2v) is 2.69. The molecule has 0 saturated heterocycles. The van der Waals surface area contributed by atoms with Crippen molar-refractivity contribution in [2.45, 2.75) is 13.5 Å². The Morgan fingerprint density at radius 1 is 1.54 bits per heavy atom. The van der Waals surface area contributed by atoms with E-state index >= 15 is 0 Å². The molecule has 13 heavy (non-hydrogen) atoms. The van der Waals surface area contributed by atoms with E-state index in [9.17, 15) is 0 Å². The van der Waals surface area contributed by atoms with Crippen molar-refractivity contribution in [1.29, 1.82) is 5.26 Å². The summed E-state index contributed by atoms with van der Waals surface area (Å²) >= 11 is 0. The fraction of sp³-hybridized carbons (Fsp3) is 0.300. The van der Waals surface area contributed by atoms with Crippen molar-refractivity contribution in [2.75, 3.05) is 7.11 Å². The van der Waals surface area contributed by atoms with Gasteiger partial charge in [-0.15, -0.1) is 0 Å². The largest absolute Gasteiger partial charge is 0.496 e. The smallest absolute Gasteiger partial charge is 0.124 e. The summed E-state index contributed by atoms with van der Waals surface area (Å²) in [5, 5.41) is 17.8. The van der Waals surface area contributed by atoms with Gasteiger partial charge < -0.3 is 9.84 Å². The molecule has 0 spiro atoms. The Morgan fingerprint density at radius 3 is 2.69 bits per heavy atom. The lowest BCUT2D eigenvalue weighted by Crippen LogP contribution is -1.97. The Bertz CT molecular complexity index is 353. The maximum Gasteiger partial charge on any atom is 0.124 e. The highest BCUT2D eigenvalue weighted by molar-refractivity contribution is 5.48. The number of hydrogen-bond acceptors (Lipinski definition) is 3. The van der Waals surface area contributed by atoms with E-state index in [0.29, 0.717) is 16.9 Å². The molecule has 68 valence electrons. The van der Waals surface area contributed by atoms with Gasteiger partial charge in [-0.1, -0.05) is 0 Å². The monoisotopic (exact) mass is 177 g/mol. The lowest BCUT2D eigenvalue weighted by atomic mass is 10.0. The van der Waals surface area contributed by atoms with Crippen molar-refractivity contribution in [3.63, 3.8) is 0 Å². The van der Waals surface area contributed by atoms with Gasteiger partial charge >= 0.3 is 0 Å². The summed E-state index contributed by atoms with van der Waals surface area (Å²) in [5.41, 5.74) is 2.04. The van der Waals surface area contributed by atoms with Crippen LogP contribution < -0.4 is 4.74 Å². The van der Waals surface area contributed by atoms with Crippen LogP contribution in [0.15, 0.2) is 12.1 Å². The molecule has 1 rings (SSSR count). The summed E-state index contributed by atoms with van der Waals surface area (Å²) in [4.78, 5) is 0.